The second kappa shape index (κ2) is 8.19. The average molecular weight is 432 g/mol. The van der Waals surface area contributed by atoms with Gasteiger partial charge in [0.1, 0.15) is 17.3 Å². The third-order valence-electron chi connectivity index (χ3n) is 5.78. The van der Waals surface area contributed by atoms with Gasteiger partial charge in [-0.15, -0.1) is 11.3 Å². The number of nitrogens with zero attached hydrogens (tertiary/aromatic N) is 3. The Morgan fingerprint density at radius 3 is 2.55 bits per heavy atom. The van der Waals surface area contributed by atoms with Crippen LogP contribution >= 0.6 is 11.3 Å². The first-order valence-corrected chi connectivity index (χ1v) is 11.5. The molecule has 0 aliphatic carbocycles. The van der Waals surface area contributed by atoms with Crippen molar-refractivity contribution in [3.8, 4) is 11.5 Å². The molecule has 6 heteroatoms. The topological polar surface area (TPSA) is 45.1 Å². The van der Waals surface area contributed by atoms with Crippen LogP contribution in [-0.2, 0) is 11.2 Å². The lowest BCUT2D eigenvalue weighted by Crippen LogP contribution is -2.51. The number of rotatable bonds is 2. The number of benzene rings is 2. The van der Waals surface area contributed by atoms with E-state index < -0.39 is 0 Å². The molecule has 3 heterocycles. The molecule has 0 N–H and O–H groups in total. The Kier molecular flexibility index (Phi) is 5.24. The van der Waals surface area contributed by atoms with Gasteiger partial charge in [-0.2, -0.15) is 0 Å². The van der Waals surface area contributed by atoms with Crippen molar-refractivity contribution in [3.05, 3.63) is 75.5 Å². The van der Waals surface area contributed by atoms with E-state index in [1.165, 1.54) is 5.56 Å². The van der Waals surface area contributed by atoms with Crippen molar-refractivity contribution in [3.63, 3.8) is 0 Å². The van der Waals surface area contributed by atoms with E-state index in [9.17, 15) is 4.79 Å². The number of fused-ring (bicyclic) bond motifs is 2. The number of hydrogen-bond acceptors (Lipinski definition) is 5. The van der Waals surface area contributed by atoms with E-state index >= 15 is 0 Å². The molecule has 1 aromatic heterocycles. The lowest BCUT2D eigenvalue weighted by Gasteiger charge is -2.36. The highest BCUT2D eigenvalue weighted by molar-refractivity contribution is 7.10. The quantitative estimate of drug-likeness (QED) is 0.578. The van der Waals surface area contributed by atoms with Crippen molar-refractivity contribution < 1.29 is 9.53 Å². The summed E-state index contributed by atoms with van der Waals surface area (Å²) in [5, 5.41) is 2.02. The Labute approximate surface area is 186 Å². The van der Waals surface area contributed by atoms with E-state index in [0.717, 1.165) is 52.1 Å². The predicted octanol–water partition coefficient (Wildman–Crippen LogP) is 4.94. The third-order valence-corrected chi connectivity index (χ3v) is 6.65. The van der Waals surface area contributed by atoms with Gasteiger partial charge in [0.25, 0.3) is 0 Å². The Balaban J connectivity index is 1.40. The molecule has 0 atom stereocenters. The number of carbonyl (C=O) groups is 1. The molecular weight excluding hydrogens is 406 g/mol. The fourth-order valence-electron chi connectivity index (χ4n) is 4.08. The number of ether oxygens (including phenoxy) is 1. The number of piperazine rings is 1. The van der Waals surface area contributed by atoms with E-state index in [-0.39, 0.29) is 5.91 Å². The Hall–Kier alpha value is -3.12. The number of aryl methyl sites for hydroxylation is 2. The number of amides is 1. The summed E-state index contributed by atoms with van der Waals surface area (Å²) in [6.45, 7) is 7.05. The maximum absolute atomic E-state index is 12.7. The van der Waals surface area contributed by atoms with Crippen molar-refractivity contribution in [2.24, 2.45) is 4.99 Å². The molecule has 2 aromatic carbocycles. The van der Waals surface area contributed by atoms with Gasteiger partial charge < -0.3 is 14.5 Å². The molecule has 3 aromatic rings. The standard InChI is InChI=1S/C25H25N3O2S/c1-17-6-8-22-20(14-17)25(26-21-7-5-18(2)15-23(21)30-22)28-11-9-27(10-12-28)24(29)16-19-4-3-13-31-19/h3-8,13-15H,9-12,16H2,1-2H3. The second-order valence-electron chi connectivity index (χ2n) is 8.13. The van der Waals surface area contributed by atoms with Crippen molar-refractivity contribution in [2.45, 2.75) is 20.3 Å². The smallest absolute Gasteiger partial charge is 0.227 e. The minimum absolute atomic E-state index is 0.199. The van der Waals surface area contributed by atoms with Gasteiger partial charge in [0.05, 0.1) is 12.0 Å². The van der Waals surface area contributed by atoms with Gasteiger partial charge in [-0.1, -0.05) is 23.8 Å². The summed E-state index contributed by atoms with van der Waals surface area (Å²) in [5.41, 5.74) is 4.16. The molecule has 0 bridgehead atoms. The van der Waals surface area contributed by atoms with Gasteiger partial charge in [0.2, 0.25) is 5.91 Å². The van der Waals surface area contributed by atoms with E-state index in [2.05, 4.69) is 36.9 Å². The average Bonchev–Trinajstić information content (AvgIpc) is 3.22. The van der Waals surface area contributed by atoms with Crippen LogP contribution in [0.1, 0.15) is 21.6 Å². The number of hydrogen-bond donors (Lipinski definition) is 0. The summed E-state index contributed by atoms with van der Waals surface area (Å²) in [6, 6.07) is 16.4. The Morgan fingerprint density at radius 2 is 1.77 bits per heavy atom. The van der Waals surface area contributed by atoms with E-state index in [1.54, 1.807) is 11.3 Å². The van der Waals surface area contributed by atoms with Crippen molar-refractivity contribution >= 4 is 28.8 Å². The fourth-order valence-corrected chi connectivity index (χ4v) is 4.77. The van der Waals surface area contributed by atoms with E-state index in [0.29, 0.717) is 19.5 Å². The highest BCUT2D eigenvalue weighted by atomic mass is 32.1. The van der Waals surface area contributed by atoms with Crippen LogP contribution in [0, 0.1) is 13.8 Å². The van der Waals surface area contributed by atoms with Crippen LogP contribution in [-0.4, -0.2) is 47.7 Å². The predicted molar refractivity (Wildman–Crippen MR) is 125 cm³/mol. The molecule has 1 saturated heterocycles. The minimum Gasteiger partial charge on any atom is -0.454 e. The summed E-state index contributed by atoms with van der Waals surface area (Å²) in [5.74, 6) is 2.73. The lowest BCUT2D eigenvalue weighted by molar-refractivity contribution is -0.131. The zero-order valence-corrected chi connectivity index (χ0v) is 18.6. The summed E-state index contributed by atoms with van der Waals surface area (Å²) >= 11 is 1.64. The molecular formula is C25H25N3O2S. The summed E-state index contributed by atoms with van der Waals surface area (Å²) in [4.78, 5) is 23.1. The van der Waals surface area contributed by atoms with Gasteiger partial charge in [-0.05, 0) is 55.1 Å². The highest BCUT2D eigenvalue weighted by Gasteiger charge is 2.27. The molecule has 5 nitrogen and oxygen atoms in total. The van der Waals surface area contributed by atoms with Crippen LogP contribution < -0.4 is 4.74 Å². The van der Waals surface area contributed by atoms with Crippen LogP contribution in [0.15, 0.2) is 58.9 Å². The number of carbonyl (C=O) groups excluding carboxylic acids is 1. The van der Waals surface area contributed by atoms with Crippen LogP contribution in [0.5, 0.6) is 11.5 Å². The zero-order valence-electron chi connectivity index (χ0n) is 17.8. The molecule has 0 spiro atoms. The van der Waals surface area contributed by atoms with Gasteiger partial charge >= 0.3 is 0 Å². The van der Waals surface area contributed by atoms with Crippen LogP contribution in [0.25, 0.3) is 0 Å². The third kappa shape index (κ3) is 4.08. The van der Waals surface area contributed by atoms with Gasteiger partial charge in [-0.3, -0.25) is 4.79 Å². The van der Waals surface area contributed by atoms with Crippen molar-refractivity contribution in [2.75, 3.05) is 26.2 Å². The van der Waals surface area contributed by atoms with E-state index in [4.69, 9.17) is 9.73 Å². The largest absolute Gasteiger partial charge is 0.454 e. The summed E-state index contributed by atoms with van der Waals surface area (Å²) < 4.78 is 6.27. The molecule has 31 heavy (non-hydrogen) atoms. The van der Waals surface area contributed by atoms with Gasteiger partial charge in [0.15, 0.2) is 5.75 Å². The SMILES string of the molecule is Cc1ccc2c(c1)Oc1ccc(C)cc1C(N1CCN(C(=O)Cc3cccs3)CC1)=N2. The zero-order chi connectivity index (χ0) is 21.4. The Bertz CT molecular complexity index is 1150. The number of amidine groups is 1. The summed E-state index contributed by atoms with van der Waals surface area (Å²) in [7, 11) is 0. The molecule has 0 radical (unpaired) electrons. The normalized spacial score (nSPS) is 15.5. The molecule has 2 aliphatic heterocycles. The molecule has 158 valence electrons. The number of aliphatic imine (C=N–C) groups is 1. The first-order chi connectivity index (χ1) is 15.1. The number of thiophene rings is 1. The minimum atomic E-state index is 0.199. The monoisotopic (exact) mass is 431 g/mol. The Morgan fingerprint density at radius 1 is 1.00 bits per heavy atom. The van der Waals surface area contributed by atoms with Crippen molar-refractivity contribution in [1.82, 2.24) is 9.80 Å². The maximum Gasteiger partial charge on any atom is 0.227 e. The van der Waals surface area contributed by atoms with E-state index in [1.807, 2.05) is 40.6 Å². The molecule has 1 fully saturated rings. The first kappa shape index (κ1) is 19.8. The van der Waals surface area contributed by atoms with Crippen LogP contribution in [0.3, 0.4) is 0 Å². The fraction of sp³-hybridized carbons (Fsp3) is 0.280. The van der Waals surface area contributed by atoms with Crippen molar-refractivity contribution in [1.29, 1.82) is 0 Å². The molecule has 0 saturated carbocycles. The van der Waals surface area contributed by atoms with Crippen LogP contribution in [0.4, 0.5) is 5.69 Å². The first-order valence-electron chi connectivity index (χ1n) is 10.6. The van der Waals surface area contributed by atoms with Gasteiger partial charge in [-0.25, -0.2) is 4.99 Å². The van der Waals surface area contributed by atoms with Gasteiger partial charge in [0, 0.05) is 31.1 Å². The molecule has 5 rings (SSSR count). The lowest BCUT2D eigenvalue weighted by atomic mass is 10.1. The molecule has 0 unspecified atom stereocenters. The highest BCUT2D eigenvalue weighted by Crippen LogP contribution is 2.39. The summed E-state index contributed by atoms with van der Waals surface area (Å²) in [6.07, 6.45) is 0.487. The molecule has 1 amide bonds. The molecule has 2 aliphatic rings. The van der Waals surface area contributed by atoms with Crippen LogP contribution in [0.2, 0.25) is 0 Å². The second-order valence-corrected chi connectivity index (χ2v) is 9.16. The maximum atomic E-state index is 12.7.